The quantitative estimate of drug-likeness (QED) is 0.843. The molecule has 0 unspecified atom stereocenters. The number of carbonyl (C=O) groups excluding carboxylic acids is 2. The van der Waals surface area contributed by atoms with Gasteiger partial charge in [0.2, 0.25) is 0 Å². The van der Waals surface area contributed by atoms with Crippen molar-refractivity contribution in [3.63, 3.8) is 0 Å². The SMILES string of the molecule is O=C(O)[C@@H]1CC[C@@H]2C(=O)N(c3cccc(Cl)c3)C(=O)N21. The lowest BCUT2D eigenvalue weighted by atomic mass is 10.1. The molecule has 0 bridgehead atoms. The second-order valence-corrected chi connectivity index (χ2v) is 5.23. The van der Waals surface area contributed by atoms with E-state index in [9.17, 15) is 14.4 Å². The van der Waals surface area contributed by atoms with E-state index in [0.717, 1.165) is 9.80 Å². The summed E-state index contributed by atoms with van der Waals surface area (Å²) in [7, 11) is 0. The van der Waals surface area contributed by atoms with E-state index < -0.39 is 24.1 Å². The van der Waals surface area contributed by atoms with Gasteiger partial charge in [-0.25, -0.2) is 14.5 Å². The maximum atomic E-state index is 12.3. The van der Waals surface area contributed by atoms with Crippen LogP contribution in [0, 0.1) is 0 Å². The minimum Gasteiger partial charge on any atom is -0.480 e. The van der Waals surface area contributed by atoms with Gasteiger partial charge >= 0.3 is 12.0 Å². The summed E-state index contributed by atoms with van der Waals surface area (Å²) < 4.78 is 0. The number of amides is 3. The standard InChI is InChI=1S/C13H11ClN2O4/c14-7-2-1-3-8(6-7)15-11(17)9-4-5-10(12(18)19)16(9)13(15)20/h1-3,6,9-10H,4-5H2,(H,18,19)/t9-,10+/m1/s1. The van der Waals surface area contributed by atoms with Crippen LogP contribution in [-0.4, -0.2) is 40.0 Å². The Morgan fingerprint density at radius 3 is 2.70 bits per heavy atom. The second-order valence-electron chi connectivity index (χ2n) is 4.79. The van der Waals surface area contributed by atoms with E-state index in [4.69, 9.17) is 16.7 Å². The van der Waals surface area contributed by atoms with Crippen molar-refractivity contribution in [3.8, 4) is 0 Å². The summed E-state index contributed by atoms with van der Waals surface area (Å²) in [5.74, 6) is -1.47. The van der Waals surface area contributed by atoms with Gasteiger partial charge < -0.3 is 5.11 Å². The van der Waals surface area contributed by atoms with Gasteiger partial charge in [-0.05, 0) is 31.0 Å². The fourth-order valence-electron chi connectivity index (χ4n) is 2.77. The highest BCUT2D eigenvalue weighted by atomic mass is 35.5. The number of aliphatic carboxylic acids is 1. The molecule has 20 heavy (non-hydrogen) atoms. The number of benzene rings is 1. The van der Waals surface area contributed by atoms with Gasteiger partial charge in [-0.3, -0.25) is 9.69 Å². The van der Waals surface area contributed by atoms with Crippen molar-refractivity contribution in [1.82, 2.24) is 4.90 Å². The molecule has 2 saturated heterocycles. The predicted octanol–water partition coefficient (Wildman–Crippen LogP) is 1.72. The van der Waals surface area contributed by atoms with E-state index in [0.29, 0.717) is 23.6 Å². The fourth-order valence-corrected chi connectivity index (χ4v) is 2.96. The maximum absolute atomic E-state index is 12.3. The first kappa shape index (κ1) is 12.9. The zero-order valence-corrected chi connectivity index (χ0v) is 11.1. The molecular weight excluding hydrogens is 284 g/mol. The Morgan fingerprint density at radius 1 is 1.30 bits per heavy atom. The highest BCUT2D eigenvalue weighted by Gasteiger charge is 2.54. The zero-order valence-electron chi connectivity index (χ0n) is 10.3. The van der Waals surface area contributed by atoms with Gasteiger partial charge in [-0.1, -0.05) is 17.7 Å². The van der Waals surface area contributed by atoms with Crippen LogP contribution in [0.25, 0.3) is 0 Å². The summed E-state index contributed by atoms with van der Waals surface area (Å²) in [5.41, 5.74) is 0.367. The summed E-state index contributed by atoms with van der Waals surface area (Å²) in [5, 5.41) is 9.53. The van der Waals surface area contributed by atoms with Crippen molar-refractivity contribution in [2.24, 2.45) is 0 Å². The minimum absolute atomic E-state index is 0.306. The molecule has 3 rings (SSSR count). The molecule has 104 valence electrons. The van der Waals surface area contributed by atoms with Gasteiger partial charge in [0.25, 0.3) is 5.91 Å². The van der Waals surface area contributed by atoms with E-state index in [1.807, 2.05) is 0 Å². The van der Waals surface area contributed by atoms with Gasteiger partial charge in [0, 0.05) is 5.02 Å². The van der Waals surface area contributed by atoms with E-state index in [1.54, 1.807) is 18.2 Å². The van der Waals surface area contributed by atoms with Crippen molar-refractivity contribution >= 4 is 35.2 Å². The molecule has 2 fully saturated rings. The largest absolute Gasteiger partial charge is 0.480 e. The van der Waals surface area contributed by atoms with Gasteiger partial charge in [0.05, 0.1) is 5.69 Å². The van der Waals surface area contributed by atoms with Crippen LogP contribution in [0.3, 0.4) is 0 Å². The molecule has 7 heteroatoms. The number of carboxylic acids is 1. The monoisotopic (exact) mass is 294 g/mol. The smallest absolute Gasteiger partial charge is 0.332 e. The van der Waals surface area contributed by atoms with Crippen molar-refractivity contribution < 1.29 is 19.5 Å². The van der Waals surface area contributed by atoms with Crippen molar-refractivity contribution in [1.29, 1.82) is 0 Å². The summed E-state index contributed by atoms with van der Waals surface area (Å²) in [6.07, 6.45) is 0.680. The van der Waals surface area contributed by atoms with Gasteiger partial charge in [0.1, 0.15) is 12.1 Å². The van der Waals surface area contributed by atoms with Crippen molar-refractivity contribution in [3.05, 3.63) is 29.3 Å². The van der Waals surface area contributed by atoms with Crippen LogP contribution in [0.4, 0.5) is 10.5 Å². The normalized spacial score (nSPS) is 25.2. The number of carbonyl (C=O) groups is 3. The zero-order chi connectivity index (χ0) is 14.4. The van der Waals surface area contributed by atoms with E-state index in [-0.39, 0.29) is 5.91 Å². The first-order chi connectivity index (χ1) is 9.50. The van der Waals surface area contributed by atoms with Gasteiger partial charge in [-0.15, -0.1) is 0 Å². The third-order valence-electron chi connectivity index (χ3n) is 3.65. The Hall–Kier alpha value is -2.08. The van der Waals surface area contributed by atoms with Crippen LogP contribution in [0.1, 0.15) is 12.8 Å². The predicted molar refractivity (Wildman–Crippen MR) is 70.6 cm³/mol. The summed E-state index contributed by atoms with van der Waals surface area (Å²) in [6.45, 7) is 0. The number of halogens is 1. The molecule has 6 nitrogen and oxygen atoms in total. The molecule has 0 saturated carbocycles. The summed E-state index contributed by atoms with van der Waals surface area (Å²) in [6, 6.07) is 4.18. The number of carboxylic acid groups (broad SMARTS) is 1. The number of hydrogen-bond acceptors (Lipinski definition) is 3. The first-order valence-electron chi connectivity index (χ1n) is 6.15. The minimum atomic E-state index is -1.08. The molecule has 0 radical (unpaired) electrons. The van der Waals surface area contributed by atoms with Crippen LogP contribution < -0.4 is 4.90 Å². The number of anilines is 1. The Labute approximate surface area is 119 Å². The molecular formula is C13H11ClN2O4. The number of urea groups is 1. The molecule has 1 aromatic carbocycles. The molecule has 0 spiro atoms. The van der Waals surface area contributed by atoms with Crippen LogP contribution in [0.5, 0.6) is 0 Å². The lowest BCUT2D eigenvalue weighted by molar-refractivity contribution is -0.141. The topological polar surface area (TPSA) is 77.9 Å². The van der Waals surface area contributed by atoms with E-state index in [2.05, 4.69) is 0 Å². The number of imide groups is 1. The molecule has 3 amide bonds. The molecule has 1 aromatic rings. The van der Waals surface area contributed by atoms with E-state index >= 15 is 0 Å². The highest BCUT2D eigenvalue weighted by Crippen LogP contribution is 2.35. The number of nitrogens with zero attached hydrogens (tertiary/aromatic N) is 2. The van der Waals surface area contributed by atoms with Crippen LogP contribution in [0.2, 0.25) is 5.02 Å². The molecule has 2 aliphatic rings. The molecule has 2 heterocycles. The summed E-state index contributed by atoms with van der Waals surface area (Å²) in [4.78, 5) is 38.0. The molecule has 0 aliphatic carbocycles. The van der Waals surface area contributed by atoms with Gasteiger partial charge in [0.15, 0.2) is 0 Å². The third kappa shape index (κ3) is 1.76. The van der Waals surface area contributed by atoms with Crippen LogP contribution >= 0.6 is 11.6 Å². The number of rotatable bonds is 2. The molecule has 1 N–H and O–H groups in total. The Morgan fingerprint density at radius 2 is 2.05 bits per heavy atom. The van der Waals surface area contributed by atoms with Crippen LogP contribution in [-0.2, 0) is 9.59 Å². The lowest BCUT2D eigenvalue weighted by Crippen LogP contribution is -2.42. The first-order valence-corrected chi connectivity index (χ1v) is 6.53. The summed E-state index contributed by atoms with van der Waals surface area (Å²) >= 11 is 5.86. The average molecular weight is 295 g/mol. The van der Waals surface area contributed by atoms with Crippen molar-refractivity contribution in [2.75, 3.05) is 4.90 Å². The molecule has 0 aromatic heterocycles. The van der Waals surface area contributed by atoms with Gasteiger partial charge in [-0.2, -0.15) is 0 Å². The number of hydrogen-bond donors (Lipinski definition) is 1. The third-order valence-corrected chi connectivity index (χ3v) is 3.89. The van der Waals surface area contributed by atoms with E-state index in [1.165, 1.54) is 6.07 Å². The Bertz CT molecular complexity index is 618. The highest BCUT2D eigenvalue weighted by molar-refractivity contribution is 6.31. The lowest BCUT2D eigenvalue weighted by Gasteiger charge is -2.20. The number of fused-ring (bicyclic) bond motifs is 1. The fraction of sp³-hybridized carbons (Fsp3) is 0.308. The maximum Gasteiger partial charge on any atom is 0.332 e. The Kier molecular flexibility index (Phi) is 2.90. The van der Waals surface area contributed by atoms with Crippen LogP contribution in [0.15, 0.2) is 24.3 Å². The second kappa shape index (κ2) is 4.49. The molecule has 2 atom stereocenters. The molecule has 2 aliphatic heterocycles. The average Bonchev–Trinajstić information content (AvgIpc) is 2.91. The van der Waals surface area contributed by atoms with Crippen molar-refractivity contribution in [2.45, 2.75) is 24.9 Å². The Balaban J connectivity index is 1.98.